The fourth-order valence-corrected chi connectivity index (χ4v) is 4.66. The van der Waals surface area contributed by atoms with Gasteiger partial charge >= 0.3 is 5.97 Å². The van der Waals surface area contributed by atoms with Crippen LogP contribution in [0.3, 0.4) is 0 Å². The minimum atomic E-state index is -0.731. The number of halogens is 3. The van der Waals surface area contributed by atoms with Crippen LogP contribution in [-0.4, -0.2) is 24.6 Å². The molecular formula is C26H18Br2FN3O3. The molecule has 1 amide bonds. The molecule has 2 N–H and O–H groups in total. The number of benzene rings is 4. The predicted octanol–water partition coefficient (Wildman–Crippen LogP) is 6.29. The minimum absolute atomic E-state index is 0.00887. The van der Waals surface area contributed by atoms with Crippen molar-refractivity contribution in [1.29, 1.82) is 0 Å². The molecule has 0 aromatic heterocycles. The Morgan fingerprint density at radius 3 is 2.57 bits per heavy atom. The van der Waals surface area contributed by atoms with Gasteiger partial charge in [-0.15, -0.1) is 0 Å². The standard InChI is InChI=1S/C26H18Br2FN3O3/c27-19-11-18(25(22(28)13-19)35-26(34)17-7-3-8-20(29)12-17)14-31-32-24(33)15-30-23-10-4-6-16-5-1-2-9-21(16)23/h1-14,30H,15H2,(H,32,33). The molecule has 176 valence electrons. The SMILES string of the molecule is O=C(CNc1cccc2ccccc12)NN=Cc1cc(Br)cc(Br)c1OC(=O)c1cccc(F)c1. The summed E-state index contributed by atoms with van der Waals surface area (Å²) in [5.41, 5.74) is 3.77. The van der Waals surface area contributed by atoms with Crippen molar-refractivity contribution in [2.75, 3.05) is 11.9 Å². The molecule has 0 bridgehead atoms. The van der Waals surface area contributed by atoms with Crippen molar-refractivity contribution in [3.63, 3.8) is 0 Å². The van der Waals surface area contributed by atoms with Crippen molar-refractivity contribution in [3.05, 3.63) is 105 Å². The monoisotopic (exact) mass is 597 g/mol. The van der Waals surface area contributed by atoms with Crippen molar-refractivity contribution < 1.29 is 18.7 Å². The molecule has 0 spiro atoms. The topological polar surface area (TPSA) is 79.8 Å². The maximum absolute atomic E-state index is 13.5. The third-order valence-corrected chi connectivity index (χ3v) is 5.96. The minimum Gasteiger partial charge on any atom is -0.421 e. The van der Waals surface area contributed by atoms with Crippen LogP contribution in [0.15, 0.2) is 92.9 Å². The van der Waals surface area contributed by atoms with Gasteiger partial charge in [0.2, 0.25) is 0 Å². The largest absolute Gasteiger partial charge is 0.421 e. The lowest BCUT2D eigenvalue weighted by atomic mass is 10.1. The van der Waals surface area contributed by atoms with Crippen LogP contribution in [0.5, 0.6) is 5.75 Å². The summed E-state index contributed by atoms with van der Waals surface area (Å²) in [4.78, 5) is 24.8. The molecule has 0 heterocycles. The Labute approximate surface area is 217 Å². The summed E-state index contributed by atoms with van der Waals surface area (Å²) >= 11 is 6.74. The van der Waals surface area contributed by atoms with Crippen molar-refractivity contribution in [1.82, 2.24) is 5.43 Å². The molecule has 0 unspecified atom stereocenters. The summed E-state index contributed by atoms with van der Waals surface area (Å²) in [6.07, 6.45) is 1.36. The van der Waals surface area contributed by atoms with E-state index in [4.69, 9.17) is 4.74 Å². The van der Waals surface area contributed by atoms with Crippen molar-refractivity contribution in [2.24, 2.45) is 5.10 Å². The molecule has 0 aliphatic heterocycles. The summed E-state index contributed by atoms with van der Waals surface area (Å²) in [7, 11) is 0. The van der Waals surface area contributed by atoms with Gasteiger partial charge in [0, 0.05) is 21.1 Å². The number of fused-ring (bicyclic) bond motifs is 1. The van der Waals surface area contributed by atoms with Gasteiger partial charge in [-0.3, -0.25) is 4.79 Å². The van der Waals surface area contributed by atoms with Gasteiger partial charge in [-0.05, 0) is 57.7 Å². The number of esters is 1. The fraction of sp³-hybridized carbons (Fsp3) is 0.0385. The van der Waals surface area contributed by atoms with Gasteiger partial charge in [-0.1, -0.05) is 58.4 Å². The van der Waals surface area contributed by atoms with Crippen LogP contribution in [0.2, 0.25) is 0 Å². The van der Waals surface area contributed by atoms with Gasteiger partial charge in [0.1, 0.15) is 5.82 Å². The molecule has 0 saturated heterocycles. The number of ether oxygens (including phenoxy) is 1. The Kier molecular flexibility index (Phi) is 7.89. The van der Waals surface area contributed by atoms with E-state index in [1.807, 2.05) is 42.5 Å². The second-order valence-electron chi connectivity index (χ2n) is 7.38. The Bertz CT molecular complexity index is 1440. The van der Waals surface area contributed by atoms with E-state index in [-0.39, 0.29) is 23.8 Å². The number of hydrogen-bond acceptors (Lipinski definition) is 5. The second kappa shape index (κ2) is 11.2. The van der Waals surface area contributed by atoms with Gasteiger partial charge in [0.25, 0.3) is 5.91 Å². The van der Waals surface area contributed by atoms with Crippen LogP contribution < -0.4 is 15.5 Å². The Morgan fingerprint density at radius 1 is 0.971 bits per heavy atom. The van der Waals surface area contributed by atoms with Crippen LogP contribution in [-0.2, 0) is 4.79 Å². The van der Waals surface area contributed by atoms with Crippen LogP contribution in [0.4, 0.5) is 10.1 Å². The molecule has 35 heavy (non-hydrogen) atoms. The zero-order valence-corrected chi connectivity index (χ0v) is 21.3. The molecule has 0 atom stereocenters. The highest BCUT2D eigenvalue weighted by molar-refractivity contribution is 9.11. The molecule has 0 aliphatic rings. The molecule has 4 rings (SSSR count). The summed E-state index contributed by atoms with van der Waals surface area (Å²) in [5.74, 6) is -1.46. The van der Waals surface area contributed by atoms with E-state index in [9.17, 15) is 14.0 Å². The van der Waals surface area contributed by atoms with Crippen LogP contribution in [0, 0.1) is 5.82 Å². The van der Waals surface area contributed by atoms with Crippen molar-refractivity contribution in [2.45, 2.75) is 0 Å². The lowest BCUT2D eigenvalue weighted by molar-refractivity contribution is -0.119. The summed E-state index contributed by atoms with van der Waals surface area (Å²) in [5, 5.41) is 9.18. The first kappa shape index (κ1) is 24.6. The average molecular weight is 599 g/mol. The van der Waals surface area contributed by atoms with E-state index < -0.39 is 11.8 Å². The normalized spacial score (nSPS) is 10.9. The third-order valence-electron chi connectivity index (χ3n) is 4.91. The first-order valence-corrected chi connectivity index (χ1v) is 12.0. The Hall–Kier alpha value is -3.56. The third kappa shape index (κ3) is 6.32. The second-order valence-corrected chi connectivity index (χ2v) is 9.15. The van der Waals surface area contributed by atoms with Gasteiger partial charge in [-0.2, -0.15) is 5.10 Å². The predicted molar refractivity (Wildman–Crippen MR) is 141 cm³/mol. The van der Waals surface area contributed by atoms with Gasteiger partial charge in [0.15, 0.2) is 5.75 Å². The zero-order valence-electron chi connectivity index (χ0n) is 18.1. The number of rotatable bonds is 7. The van der Waals surface area contributed by atoms with Gasteiger partial charge in [0.05, 0.1) is 22.8 Å². The van der Waals surface area contributed by atoms with E-state index in [2.05, 4.69) is 47.7 Å². The lowest BCUT2D eigenvalue weighted by Gasteiger charge is -2.11. The van der Waals surface area contributed by atoms with Crippen LogP contribution >= 0.6 is 31.9 Å². The smallest absolute Gasteiger partial charge is 0.343 e. The van der Waals surface area contributed by atoms with Gasteiger partial charge in [-0.25, -0.2) is 14.6 Å². The highest BCUT2D eigenvalue weighted by Gasteiger charge is 2.16. The van der Waals surface area contributed by atoms with Crippen LogP contribution in [0.25, 0.3) is 10.8 Å². The fourth-order valence-electron chi connectivity index (χ4n) is 3.32. The lowest BCUT2D eigenvalue weighted by Crippen LogP contribution is -2.26. The van der Waals surface area contributed by atoms with Crippen molar-refractivity contribution >= 4 is 66.4 Å². The van der Waals surface area contributed by atoms with Gasteiger partial charge < -0.3 is 10.1 Å². The molecule has 4 aromatic carbocycles. The van der Waals surface area contributed by atoms with E-state index in [0.29, 0.717) is 14.5 Å². The highest BCUT2D eigenvalue weighted by Crippen LogP contribution is 2.32. The van der Waals surface area contributed by atoms with E-state index in [0.717, 1.165) is 22.5 Å². The number of anilines is 1. The average Bonchev–Trinajstić information content (AvgIpc) is 2.84. The number of hydrogen-bond donors (Lipinski definition) is 2. The summed E-state index contributed by atoms with van der Waals surface area (Å²) in [6.45, 7) is 0.00887. The molecule has 0 saturated carbocycles. The maximum atomic E-state index is 13.5. The van der Waals surface area contributed by atoms with E-state index in [1.54, 1.807) is 12.1 Å². The zero-order chi connectivity index (χ0) is 24.8. The quantitative estimate of drug-likeness (QED) is 0.113. The first-order chi connectivity index (χ1) is 16.9. The molecule has 0 radical (unpaired) electrons. The number of nitrogens with one attached hydrogen (secondary N) is 2. The molecule has 6 nitrogen and oxygen atoms in total. The molecule has 0 aliphatic carbocycles. The molecule has 9 heteroatoms. The highest BCUT2D eigenvalue weighted by atomic mass is 79.9. The number of carbonyl (C=O) groups excluding carboxylic acids is 2. The Balaban J connectivity index is 1.43. The molecule has 0 fully saturated rings. The number of nitrogens with zero attached hydrogens (tertiary/aromatic N) is 1. The molecule has 4 aromatic rings. The number of carbonyl (C=O) groups is 2. The van der Waals surface area contributed by atoms with E-state index in [1.165, 1.54) is 24.4 Å². The number of amides is 1. The first-order valence-electron chi connectivity index (χ1n) is 10.4. The Morgan fingerprint density at radius 2 is 1.74 bits per heavy atom. The maximum Gasteiger partial charge on any atom is 0.343 e. The summed E-state index contributed by atoms with van der Waals surface area (Å²) in [6, 6.07) is 22.3. The van der Waals surface area contributed by atoms with Crippen molar-refractivity contribution in [3.8, 4) is 5.75 Å². The number of hydrazone groups is 1. The molecular weight excluding hydrogens is 581 g/mol. The van der Waals surface area contributed by atoms with Crippen LogP contribution in [0.1, 0.15) is 15.9 Å². The van der Waals surface area contributed by atoms with E-state index >= 15 is 0 Å². The summed E-state index contributed by atoms with van der Waals surface area (Å²) < 4.78 is 20.1.